The third-order valence-corrected chi connectivity index (χ3v) is 4.27. The number of piperazine rings is 1. The van der Waals surface area contributed by atoms with Gasteiger partial charge in [0.05, 0.1) is 12.3 Å². The molecule has 5 heteroatoms. The fourth-order valence-corrected chi connectivity index (χ4v) is 2.95. The van der Waals surface area contributed by atoms with E-state index in [1.54, 1.807) is 19.2 Å². The van der Waals surface area contributed by atoms with Crippen molar-refractivity contribution in [1.82, 2.24) is 4.90 Å². The van der Waals surface area contributed by atoms with E-state index < -0.39 is 0 Å². The molecule has 0 atom stereocenters. The first kappa shape index (κ1) is 16.5. The smallest absolute Gasteiger partial charge is 0.253 e. The van der Waals surface area contributed by atoms with Gasteiger partial charge in [-0.25, -0.2) is 4.39 Å². The molecule has 0 unspecified atom stereocenters. The van der Waals surface area contributed by atoms with Crippen LogP contribution in [0.1, 0.15) is 15.9 Å². The van der Waals surface area contributed by atoms with Gasteiger partial charge >= 0.3 is 0 Å². The molecule has 0 aromatic heterocycles. The van der Waals surface area contributed by atoms with Crippen LogP contribution in [0, 0.1) is 5.82 Å². The summed E-state index contributed by atoms with van der Waals surface area (Å²) in [6.45, 7) is 2.98. The second-order valence-corrected chi connectivity index (χ2v) is 5.86. The summed E-state index contributed by atoms with van der Waals surface area (Å²) in [6, 6.07) is 14.2. The first-order chi connectivity index (χ1) is 11.7. The van der Waals surface area contributed by atoms with E-state index >= 15 is 0 Å². The number of hydrogen-bond donors (Lipinski definition) is 0. The first-order valence-corrected chi connectivity index (χ1v) is 8.05. The fourth-order valence-electron chi connectivity index (χ4n) is 2.95. The Morgan fingerprint density at radius 3 is 2.33 bits per heavy atom. The van der Waals surface area contributed by atoms with Gasteiger partial charge in [0, 0.05) is 38.9 Å². The second-order valence-electron chi connectivity index (χ2n) is 5.86. The van der Waals surface area contributed by atoms with Crippen LogP contribution in [-0.2, 0) is 11.3 Å². The molecule has 1 amide bonds. The van der Waals surface area contributed by atoms with Crippen molar-refractivity contribution in [1.29, 1.82) is 0 Å². The number of ether oxygens (including phenoxy) is 1. The highest BCUT2D eigenvalue weighted by Gasteiger charge is 2.23. The summed E-state index contributed by atoms with van der Waals surface area (Å²) in [5, 5.41) is 0. The molecule has 0 radical (unpaired) electrons. The number of benzene rings is 2. The lowest BCUT2D eigenvalue weighted by Crippen LogP contribution is -2.49. The number of carbonyl (C=O) groups excluding carboxylic acids is 1. The monoisotopic (exact) mass is 328 g/mol. The van der Waals surface area contributed by atoms with E-state index in [1.807, 2.05) is 40.1 Å². The number of hydrogen-bond acceptors (Lipinski definition) is 3. The minimum absolute atomic E-state index is 0.0205. The van der Waals surface area contributed by atoms with Crippen LogP contribution in [0.3, 0.4) is 0 Å². The van der Waals surface area contributed by atoms with Crippen molar-refractivity contribution in [2.24, 2.45) is 0 Å². The zero-order valence-electron chi connectivity index (χ0n) is 13.7. The molecule has 1 aliphatic rings. The van der Waals surface area contributed by atoms with Crippen molar-refractivity contribution in [3.63, 3.8) is 0 Å². The van der Waals surface area contributed by atoms with Crippen LogP contribution in [0.5, 0.6) is 0 Å². The van der Waals surface area contributed by atoms with Crippen molar-refractivity contribution in [3.05, 3.63) is 65.5 Å². The molecule has 0 N–H and O–H groups in total. The molecule has 4 nitrogen and oxygen atoms in total. The Morgan fingerprint density at radius 1 is 1.04 bits per heavy atom. The van der Waals surface area contributed by atoms with Crippen molar-refractivity contribution in [2.45, 2.75) is 6.61 Å². The molecule has 126 valence electrons. The van der Waals surface area contributed by atoms with Crippen LogP contribution >= 0.6 is 0 Å². The fraction of sp³-hybridized carbons (Fsp3) is 0.316. The number of methoxy groups -OCH3 is 1. The predicted molar refractivity (Wildman–Crippen MR) is 91.7 cm³/mol. The van der Waals surface area contributed by atoms with E-state index in [4.69, 9.17) is 4.74 Å². The minimum atomic E-state index is -0.217. The van der Waals surface area contributed by atoms with Gasteiger partial charge in [0.1, 0.15) is 5.82 Å². The summed E-state index contributed by atoms with van der Waals surface area (Å²) in [5.74, 6) is -0.196. The van der Waals surface area contributed by atoms with Gasteiger partial charge in [-0.2, -0.15) is 0 Å². The number of rotatable bonds is 4. The number of para-hydroxylation sites is 1. The average Bonchev–Trinajstić information content (AvgIpc) is 2.63. The molecule has 1 saturated heterocycles. The highest BCUT2D eigenvalue weighted by Crippen LogP contribution is 2.20. The molecule has 1 fully saturated rings. The van der Waals surface area contributed by atoms with Gasteiger partial charge in [0.15, 0.2) is 0 Å². The normalized spacial score (nSPS) is 14.8. The van der Waals surface area contributed by atoms with Gasteiger partial charge in [-0.05, 0) is 29.8 Å². The topological polar surface area (TPSA) is 32.8 Å². The van der Waals surface area contributed by atoms with Crippen LogP contribution < -0.4 is 4.90 Å². The van der Waals surface area contributed by atoms with Crippen LogP contribution in [0.2, 0.25) is 0 Å². The van der Waals surface area contributed by atoms with Crippen LogP contribution in [0.25, 0.3) is 0 Å². The maximum atomic E-state index is 13.9. The van der Waals surface area contributed by atoms with Crippen LogP contribution in [-0.4, -0.2) is 44.1 Å². The van der Waals surface area contributed by atoms with Crippen molar-refractivity contribution in [2.75, 3.05) is 38.2 Å². The Kier molecular flexibility index (Phi) is 5.11. The third kappa shape index (κ3) is 3.57. The summed E-state index contributed by atoms with van der Waals surface area (Å²) in [6.07, 6.45) is 0. The van der Waals surface area contributed by atoms with Crippen molar-refractivity contribution in [3.8, 4) is 0 Å². The molecule has 0 saturated carbocycles. The third-order valence-electron chi connectivity index (χ3n) is 4.27. The van der Waals surface area contributed by atoms with Crippen LogP contribution in [0.15, 0.2) is 48.5 Å². The number of carbonyl (C=O) groups is 1. The van der Waals surface area contributed by atoms with Crippen LogP contribution in [0.4, 0.5) is 10.1 Å². The molecule has 0 aliphatic carbocycles. The van der Waals surface area contributed by atoms with Gasteiger partial charge in [-0.1, -0.05) is 24.3 Å². The maximum Gasteiger partial charge on any atom is 0.253 e. The van der Waals surface area contributed by atoms with E-state index in [-0.39, 0.29) is 11.7 Å². The quantitative estimate of drug-likeness (QED) is 0.865. The first-order valence-electron chi connectivity index (χ1n) is 8.05. The molecular weight excluding hydrogens is 307 g/mol. The lowest BCUT2D eigenvalue weighted by Gasteiger charge is -2.36. The highest BCUT2D eigenvalue weighted by molar-refractivity contribution is 5.94. The molecule has 0 spiro atoms. The summed E-state index contributed by atoms with van der Waals surface area (Å²) < 4.78 is 18.9. The molecule has 1 heterocycles. The SMILES string of the molecule is COCc1ccc(C(=O)N2CCN(c3ccccc3F)CC2)cc1. The summed E-state index contributed by atoms with van der Waals surface area (Å²) in [5.41, 5.74) is 2.32. The van der Waals surface area contributed by atoms with E-state index in [9.17, 15) is 9.18 Å². The van der Waals surface area contributed by atoms with Gasteiger partial charge in [0.2, 0.25) is 0 Å². The van der Waals surface area contributed by atoms with Crippen molar-refractivity contribution < 1.29 is 13.9 Å². The summed E-state index contributed by atoms with van der Waals surface area (Å²) in [4.78, 5) is 16.4. The molecule has 0 bridgehead atoms. The molecule has 2 aromatic carbocycles. The van der Waals surface area contributed by atoms with E-state index in [0.717, 1.165) is 5.56 Å². The Bertz CT molecular complexity index is 695. The van der Waals surface area contributed by atoms with Gasteiger partial charge < -0.3 is 14.5 Å². The summed E-state index contributed by atoms with van der Waals surface area (Å²) >= 11 is 0. The Hall–Kier alpha value is -2.40. The van der Waals surface area contributed by atoms with E-state index in [1.165, 1.54) is 6.07 Å². The Morgan fingerprint density at radius 2 is 1.71 bits per heavy atom. The Balaban J connectivity index is 1.62. The standard InChI is InChI=1S/C19H21FN2O2/c1-24-14-15-6-8-16(9-7-15)19(23)22-12-10-21(11-13-22)18-5-3-2-4-17(18)20/h2-9H,10-14H2,1H3. The van der Waals surface area contributed by atoms with Crippen molar-refractivity contribution >= 4 is 11.6 Å². The lowest BCUT2D eigenvalue weighted by atomic mass is 10.1. The molecule has 3 rings (SSSR count). The molecular formula is C19H21FN2O2. The van der Waals surface area contributed by atoms with E-state index in [2.05, 4.69) is 0 Å². The summed E-state index contributed by atoms with van der Waals surface area (Å²) in [7, 11) is 1.65. The zero-order chi connectivity index (χ0) is 16.9. The average molecular weight is 328 g/mol. The number of nitrogens with zero attached hydrogens (tertiary/aromatic N) is 2. The van der Waals surface area contributed by atoms with Gasteiger partial charge in [0.25, 0.3) is 5.91 Å². The van der Waals surface area contributed by atoms with Gasteiger partial charge in [-0.3, -0.25) is 4.79 Å². The van der Waals surface area contributed by atoms with Gasteiger partial charge in [-0.15, -0.1) is 0 Å². The lowest BCUT2D eigenvalue weighted by molar-refractivity contribution is 0.0746. The number of amides is 1. The molecule has 1 aliphatic heterocycles. The number of halogens is 1. The highest BCUT2D eigenvalue weighted by atomic mass is 19.1. The molecule has 24 heavy (non-hydrogen) atoms. The zero-order valence-corrected chi connectivity index (χ0v) is 13.7. The van der Waals surface area contributed by atoms with E-state index in [0.29, 0.717) is 44.0 Å². The molecule has 2 aromatic rings. The second kappa shape index (κ2) is 7.45. The number of anilines is 1. The minimum Gasteiger partial charge on any atom is -0.380 e. The largest absolute Gasteiger partial charge is 0.380 e. The maximum absolute atomic E-state index is 13.9. The predicted octanol–water partition coefficient (Wildman–Crippen LogP) is 2.93. The Labute approximate surface area is 141 Å².